The highest BCUT2D eigenvalue weighted by molar-refractivity contribution is 6.08. The third kappa shape index (κ3) is 7.70. The molecule has 0 N–H and O–H groups in total. The van der Waals surface area contributed by atoms with Crippen molar-refractivity contribution in [3.63, 3.8) is 0 Å². The summed E-state index contributed by atoms with van der Waals surface area (Å²) >= 11 is 0. The van der Waals surface area contributed by atoms with Gasteiger partial charge in [0, 0.05) is 23.1 Å². The summed E-state index contributed by atoms with van der Waals surface area (Å²) in [5.74, 6) is -0.205. The molecule has 8 nitrogen and oxygen atoms in total. The highest BCUT2D eigenvalue weighted by Crippen LogP contribution is 2.50. The van der Waals surface area contributed by atoms with Gasteiger partial charge in [-0.2, -0.15) is 0 Å². The van der Waals surface area contributed by atoms with Crippen molar-refractivity contribution in [3.05, 3.63) is 96.1 Å². The first-order chi connectivity index (χ1) is 22.5. The summed E-state index contributed by atoms with van der Waals surface area (Å²) in [7, 11) is 1.36. The number of carbonyl (C=O) groups excluding carboxylic acids is 3. The van der Waals surface area contributed by atoms with E-state index in [1.54, 1.807) is 6.08 Å². The number of rotatable bonds is 13. The molecule has 4 rings (SSSR count). The average Bonchev–Trinajstić information content (AvgIpc) is 3.36. The minimum Gasteiger partial charge on any atom is -0.489 e. The van der Waals surface area contributed by atoms with Crippen molar-refractivity contribution in [2.75, 3.05) is 26.9 Å². The predicted octanol–water partition coefficient (Wildman–Crippen LogP) is 7.97. The fourth-order valence-corrected chi connectivity index (χ4v) is 7.29. The van der Waals surface area contributed by atoms with Crippen LogP contribution in [0.25, 0.3) is 16.7 Å². The zero-order valence-corrected chi connectivity index (χ0v) is 28.2. The lowest BCUT2D eigenvalue weighted by Crippen LogP contribution is -2.42. The van der Waals surface area contributed by atoms with Crippen LogP contribution in [0.2, 0.25) is 0 Å². The van der Waals surface area contributed by atoms with E-state index in [1.807, 2.05) is 56.3 Å². The molecule has 2 aromatic carbocycles. The van der Waals surface area contributed by atoms with Gasteiger partial charge in [-0.1, -0.05) is 89.4 Å². The van der Waals surface area contributed by atoms with Crippen molar-refractivity contribution < 1.29 is 38.1 Å². The van der Waals surface area contributed by atoms with Crippen LogP contribution in [0.15, 0.2) is 85.0 Å². The zero-order chi connectivity index (χ0) is 34.2. The van der Waals surface area contributed by atoms with E-state index in [1.165, 1.54) is 19.3 Å². The Kier molecular flexibility index (Phi) is 11.9. The number of ether oxygens (including phenoxy) is 5. The maximum Gasteiger partial charge on any atom is 0.508 e. The summed E-state index contributed by atoms with van der Waals surface area (Å²) in [6.45, 7) is 17.9. The van der Waals surface area contributed by atoms with E-state index >= 15 is 0 Å². The molecule has 0 radical (unpaired) electrons. The lowest BCUT2D eigenvalue weighted by Gasteiger charge is -2.43. The molecular weight excluding hydrogens is 596 g/mol. The van der Waals surface area contributed by atoms with Gasteiger partial charge in [0.25, 0.3) is 0 Å². The van der Waals surface area contributed by atoms with Gasteiger partial charge in [0.05, 0.1) is 7.11 Å². The second kappa shape index (κ2) is 15.8. The molecular formula is C39H46O8. The van der Waals surface area contributed by atoms with E-state index in [0.717, 1.165) is 33.4 Å². The van der Waals surface area contributed by atoms with Crippen LogP contribution in [0.1, 0.15) is 52.2 Å². The van der Waals surface area contributed by atoms with Crippen molar-refractivity contribution in [2.24, 2.45) is 29.6 Å². The third-order valence-electron chi connectivity index (χ3n) is 9.27. The summed E-state index contributed by atoms with van der Waals surface area (Å²) in [6, 6.07) is 13.6. The van der Waals surface area contributed by atoms with E-state index in [2.05, 4.69) is 33.9 Å². The predicted molar refractivity (Wildman–Crippen MR) is 182 cm³/mol. The van der Waals surface area contributed by atoms with Gasteiger partial charge >= 0.3 is 18.1 Å². The fourth-order valence-electron chi connectivity index (χ4n) is 7.29. The minimum atomic E-state index is -0.730. The molecule has 2 aliphatic rings. The van der Waals surface area contributed by atoms with Crippen LogP contribution in [-0.2, 0) is 28.5 Å². The quantitative estimate of drug-likeness (QED) is 0.0802. The summed E-state index contributed by atoms with van der Waals surface area (Å²) in [5, 5.41) is 0. The smallest absolute Gasteiger partial charge is 0.489 e. The normalized spacial score (nSPS) is 20.5. The molecule has 0 aliphatic heterocycles. The standard InChI is InChI=1S/C39H46O8/c1-9-18-44-38(41)36-24(5)20-30(35(23(3)4)26(7)47-39(42)45-19-10-2)25(6)32(36)22-46-33-17-13-16-29-31(21-34(40)43-8)27-14-11-12-15-28(27)37(29)33/h9-17,21,23-26,30,35H,1-2,18-20,22H2,3-8H3/b31-21+/t24?,25-,26?,30?,35?/m1/s1. The molecule has 0 saturated heterocycles. The Morgan fingerprint density at radius 1 is 0.915 bits per heavy atom. The summed E-state index contributed by atoms with van der Waals surface area (Å²) in [6.07, 6.45) is 4.10. The summed E-state index contributed by atoms with van der Waals surface area (Å²) in [5.41, 5.74) is 5.83. The molecule has 47 heavy (non-hydrogen) atoms. The topological polar surface area (TPSA) is 97.4 Å². The second-order valence-electron chi connectivity index (χ2n) is 12.5. The minimum absolute atomic E-state index is 0.0247. The number of fused-ring (bicyclic) bond motifs is 3. The average molecular weight is 643 g/mol. The van der Waals surface area contributed by atoms with Crippen LogP contribution in [0.3, 0.4) is 0 Å². The molecule has 5 atom stereocenters. The Morgan fingerprint density at radius 3 is 2.23 bits per heavy atom. The first-order valence-electron chi connectivity index (χ1n) is 16.1. The molecule has 0 spiro atoms. The van der Waals surface area contributed by atoms with Gasteiger partial charge in [0.15, 0.2) is 0 Å². The SMILES string of the molecule is C=CCOC(=O)OC(C)C(C(C)C)C1CC(C)C(C(=O)OCC=C)=C(COc2cccc3c2-c2ccccc2/C3=C\C(=O)OC)[C@@H]1C. The molecule has 0 fully saturated rings. The number of hydrogen-bond acceptors (Lipinski definition) is 8. The summed E-state index contributed by atoms with van der Waals surface area (Å²) < 4.78 is 28.0. The van der Waals surface area contributed by atoms with Gasteiger partial charge in [-0.15, -0.1) is 0 Å². The third-order valence-corrected chi connectivity index (χ3v) is 9.27. The molecule has 0 aromatic heterocycles. The number of hydrogen-bond donors (Lipinski definition) is 0. The van der Waals surface area contributed by atoms with Crippen molar-refractivity contribution in [1.82, 2.24) is 0 Å². The number of methoxy groups -OCH3 is 1. The molecule has 8 heteroatoms. The van der Waals surface area contributed by atoms with Crippen LogP contribution in [0, 0.1) is 29.6 Å². The van der Waals surface area contributed by atoms with E-state index in [-0.39, 0.29) is 55.4 Å². The van der Waals surface area contributed by atoms with Crippen LogP contribution in [0.5, 0.6) is 5.75 Å². The van der Waals surface area contributed by atoms with Crippen molar-refractivity contribution in [1.29, 1.82) is 0 Å². The largest absolute Gasteiger partial charge is 0.508 e. The molecule has 4 unspecified atom stereocenters. The van der Waals surface area contributed by atoms with Gasteiger partial charge in [-0.05, 0) is 70.9 Å². The van der Waals surface area contributed by atoms with E-state index in [4.69, 9.17) is 23.7 Å². The van der Waals surface area contributed by atoms with Crippen LogP contribution in [-0.4, -0.2) is 51.1 Å². The lowest BCUT2D eigenvalue weighted by molar-refractivity contribution is -0.139. The van der Waals surface area contributed by atoms with E-state index < -0.39 is 18.2 Å². The highest BCUT2D eigenvalue weighted by atomic mass is 16.7. The molecule has 0 saturated carbocycles. The van der Waals surface area contributed by atoms with Crippen LogP contribution in [0.4, 0.5) is 4.79 Å². The molecule has 250 valence electrons. The van der Waals surface area contributed by atoms with Crippen LogP contribution < -0.4 is 4.74 Å². The van der Waals surface area contributed by atoms with Crippen molar-refractivity contribution in [2.45, 2.75) is 47.1 Å². The molecule has 0 bridgehead atoms. The van der Waals surface area contributed by atoms with E-state index in [0.29, 0.717) is 17.7 Å². The monoisotopic (exact) mass is 642 g/mol. The first kappa shape index (κ1) is 35.3. The number of carbonyl (C=O) groups is 3. The van der Waals surface area contributed by atoms with E-state index in [9.17, 15) is 14.4 Å². The fraction of sp³-hybridized carbons (Fsp3) is 0.410. The number of esters is 2. The lowest BCUT2D eigenvalue weighted by atomic mass is 9.63. The molecule has 2 aliphatic carbocycles. The summed E-state index contributed by atoms with van der Waals surface area (Å²) in [4.78, 5) is 38.2. The van der Waals surface area contributed by atoms with Crippen molar-refractivity contribution in [3.8, 4) is 16.9 Å². The Morgan fingerprint density at radius 2 is 1.57 bits per heavy atom. The highest BCUT2D eigenvalue weighted by Gasteiger charge is 2.43. The van der Waals surface area contributed by atoms with Gasteiger partial charge in [0.2, 0.25) is 0 Å². The zero-order valence-electron chi connectivity index (χ0n) is 28.2. The Balaban J connectivity index is 1.73. The first-order valence-corrected chi connectivity index (χ1v) is 16.1. The Hall–Kier alpha value is -4.59. The molecule has 0 amide bonds. The molecule has 2 aromatic rings. The Labute approximate surface area is 278 Å². The maximum atomic E-state index is 13.5. The van der Waals surface area contributed by atoms with Gasteiger partial charge < -0.3 is 23.7 Å². The van der Waals surface area contributed by atoms with Gasteiger partial charge in [-0.25, -0.2) is 14.4 Å². The van der Waals surface area contributed by atoms with Gasteiger partial charge in [0.1, 0.15) is 31.7 Å². The maximum absolute atomic E-state index is 13.5. The van der Waals surface area contributed by atoms with Crippen LogP contribution >= 0.6 is 0 Å². The Bertz CT molecular complexity index is 1560. The van der Waals surface area contributed by atoms with Gasteiger partial charge in [-0.3, -0.25) is 0 Å². The number of benzene rings is 2. The second-order valence-corrected chi connectivity index (χ2v) is 12.5. The molecule has 0 heterocycles. The van der Waals surface area contributed by atoms with Crippen molar-refractivity contribution >= 4 is 23.7 Å².